The van der Waals surface area contributed by atoms with Gasteiger partial charge in [0, 0.05) is 37.9 Å². The van der Waals surface area contributed by atoms with Crippen molar-refractivity contribution in [2.75, 3.05) is 13.1 Å². The van der Waals surface area contributed by atoms with Gasteiger partial charge in [-0.3, -0.25) is 9.48 Å². The summed E-state index contributed by atoms with van der Waals surface area (Å²) in [7, 11) is 0. The highest BCUT2D eigenvalue weighted by Crippen LogP contribution is 2.19. The second-order valence-electron chi connectivity index (χ2n) is 5.63. The maximum absolute atomic E-state index is 12.2. The van der Waals surface area contributed by atoms with Gasteiger partial charge in [-0.05, 0) is 31.7 Å². The second kappa shape index (κ2) is 7.10. The van der Waals surface area contributed by atoms with Crippen molar-refractivity contribution in [3.63, 3.8) is 0 Å². The van der Waals surface area contributed by atoms with Crippen LogP contribution in [0.4, 0.5) is 4.79 Å². The van der Waals surface area contributed by atoms with Crippen LogP contribution in [0.3, 0.4) is 0 Å². The molecule has 1 aliphatic rings. The van der Waals surface area contributed by atoms with E-state index in [2.05, 4.69) is 10.4 Å². The maximum Gasteiger partial charge on any atom is 0.317 e. The SMILES string of the molecule is CC(Cn1cccn1)NC(=O)N1CCCC(CC(=O)O)C1. The first-order chi connectivity index (χ1) is 10.0. The largest absolute Gasteiger partial charge is 0.481 e. The van der Waals surface area contributed by atoms with Crippen LogP contribution >= 0.6 is 0 Å². The molecule has 2 atom stereocenters. The molecule has 0 radical (unpaired) electrons. The number of aliphatic carboxylic acids is 1. The van der Waals surface area contributed by atoms with Crippen molar-refractivity contribution in [2.24, 2.45) is 5.92 Å². The van der Waals surface area contributed by atoms with E-state index in [1.807, 2.05) is 19.2 Å². The lowest BCUT2D eigenvalue weighted by Gasteiger charge is -2.33. The van der Waals surface area contributed by atoms with Gasteiger partial charge in [-0.2, -0.15) is 5.10 Å². The summed E-state index contributed by atoms with van der Waals surface area (Å²) in [6.45, 7) is 3.76. The van der Waals surface area contributed by atoms with E-state index in [0.717, 1.165) is 12.8 Å². The average molecular weight is 294 g/mol. The molecule has 116 valence electrons. The van der Waals surface area contributed by atoms with Crippen LogP contribution in [0, 0.1) is 5.92 Å². The highest BCUT2D eigenvalue weighted by Gasteiger charge is 2.25. The number of rotatable bonds is 5. The Morgan fingerprint density at radius 2 is 2.33 bits per heavy atom. The summed E-state index contributed by atoms with van der Waals surface area (Å²) < 4.78 is 1.77. The van der Waals surface area contributed by atoms with Gasteiger partial charge in [-0.15, -0.1) is 0 Å². The smallest absolute Gasteiger partial charge is 0.317 e. The van der Waals surface area contributed by atoms with E-state index >= 15 is 0 Å². The number of carbonyl (C=O) groups is 2. The van der Waals surface area contributed by atoms with Crippen LogP contribution in [0.2, 0.25) is 0 Å². The van der Waals surface area contributed by atoms with E-state index in [-0.39, 0.29) is 24.4 Å². The maximum atomic E-state index is 12.2. The Hall–Kier alpha value is -2.05. The zero-order valence-electron chi connectivity index (χ0n) is 12.2. The number of nitrogens with one attached hydrogen (secondary N) is 1. The number of aromatic nitrogens is 2. The molecule has 1 aromatic heterocycles. The van der Waals surface area contributed by atoms with E-state index in [4.69, 9.17) is 5.11 Å². The van der Waals surface area contributed by atoms with E-state index < -0.39 is 5.97 Å². The summed E-state index contributed by atoms with van der Waals surface area (Å²) in [6.07, 6.45) is 5.42. The van der Waals surface area contributed by atoms with Crippen LogP contribution in [0.5, 0.6) is 0 Å². The van der Waals surface area contributed by atoms with Gasteiger partial charge < -0.3 is 15.3 Å². The van der Waals surface area contributed by atoms with Crippen LogP contribution in [0.1, 0.15) is 26.2 Å². The average Bonchev–Trinajstić information content (AvgIpc) is 2.90. The lowest BCUT2D eigenvalue weighted by atomic mass is 9.95. The molecule has 1 aromatic rings. The number of amides is 2. The van der Waals surface area contributed by atoms with Crippen LogP contribution < -0.4 is 5.32 Å². The van der Waals surface area contributed by atoms with Gasteiger partial charge in [0.25, 0.3) is 0 Å². The Bertz CT molecular complexity index is 475. The van der Waals surface area contributed by atoms with Crippen molar-refractivity contribution in [1.82, 2.24) is 20.0 Å². The molecule has 2 unspecified atom stereocenters. The van der Waals surface area contributed by atoms with Crippen molar-refractivity contribution >= 4 is 12.0 Å². The number of carboxylic acid groups (broad SMARTS) is 1. The zero-order valence-corrected chi connectivity index (χ0v) is 12.2. The normalized spacial score (nSPS) is 20.0. The third-order valence-electron chi connectivity index (χ3n) is 3.66. The Labute approximate surface area is 123 Å². The van der Waals surface area contributed by atoms with Crippen molar-refractivity contribution in [2.45, 2.75) is 38.8 Å². The standard InChI is InChI=1S/C14H22N4O3/c1-11(9-18-7-3-5-15-18)16-14(21)17-6-2-4-12(10-17)8-13(19)20/h3,5,7,11-12H,2,4,6,8-10H2,1H3,(H,16,21)(H,19,20). The third-order valence-corrected chi connectivity index (χ3v) is 3.66. The molecule has 2 rings (SSSR count). The Kier molecular flexibility index (Phi) is 5.19. The molecule has 0 bridgehead atoms. The van der Waals surface area contributed by atoms with Gasteiger partial charge in [0.05, 0.1) is 6.54 Å². The molecule has 0 saturated carbocycles. The number of piperidine rings is 1. The zero-order chi connectivity index (χ0) is 15.2. The molecule has 2 heterocycles. The van der Waals surface area contributed by atoms with E-state index in [1.165, 1.54) is 0 Å². The fourth-order valence-corrected chi connectivity index (χ4v) is 2.70. The van der Waals surface area contributed by atoms with E-state index in [1.54, 1.807) is 15.8 Å². The van der Waals surface area contributed by atoms with E-state index in [0.29, 0.717) is 19.6 Å². The molecule has 21 heavy (non-hydrogen) atoms. The molecule has 7 nitrogen and oxygen atoms in total. The molecule has 0 aliphatic carbocycles. The van der Waals surface area contributed by atoms with E-state index in [9.17, 15) is 9.59 Å². The summed E-state index contributed by atoms with van der Waals surface area (Å²) in [5.74, 6) is -0.738. The predicted molar refractivity (Wildman–Crippen MR) is 76.8 cm³/mol. The fraction of sp³-hybridized carbons (Fsp3) is 0.643. The summed E-state index contributed by atoms with van der Waals surface area (Å²) >= 11 is 0. The summed E-state index contributed by atoms with van der Waals surface area (Å²) in [4.78, 5) is 24.7. The van der Waals surface area contributed by atoms with Crippen molar-refractivity contribution < 1.29 is 14.7 Å². The number of nitrogens with zero attached hydrogens (tertiary/aromatic N) is 3. The first-order valence-electron chi connectivity index (χ1n) is 7.29. The Balaban J connectivity index is 1.80. The highest BCUT2D eigenvalue weighted by molar-refractivity contribution is 5.74. The van der Waals surface area contributed by atoms with Crippen molar-refractivity contribution in [3.8, 4) is 0 Å². The minimum atomic E-state index is -0.797. The predicted octanol–water partition coefficient (Wildman–Crippen LogP) is 1.17. The number of likely N-dealkylation sites (tertiary alicyclic amines) is 1. The number of hydrogen-bond donors (Lipinski definition) is 2. The second-order valence-corrected chi connectivity index (χ2v) is 5.63. The van der Waals surface area contributed by atoms with Gasteiger partial charge >= 0.3 is 12.0 Å². The van der Waals surface area contributed by atoms with Gasteiger partial charge in [0.1, 0.15) is 0 Å². The van der Waals surface area contributed by atoms with Gasteiger partial charge in [0.15, 0.2) is 0 Å². The number of carboxylic acids is 1. The monoisotopic (exact) mass is 294 g/mol. The molecule has 1 saturated heterocycles. The molecule has 1 aliphatic heterocycles. The van der Waals surface area contributed by atoms with Gasteiger partial charge in [0.2, 0.25) is 0 Å². The van der Waals surface area contributed by atoms with Crippen molar-refractivity contribution in [3.05, 3.63) is 18.5 Å². The Morgan fingerprint density at radius 1 is 1.52 bits per heavy atom. The van der Waals surface area contributed by atoms with Crippen molar-refractivity contribution in [1.29, 1.82) is 0 Å². The summed E-state index contributed by atoms with van der Waals surface area (Å²) in [6, 6.07) is 1.69. The molecule has 2 N–H and O–H groups in total. The molecule has 0 spiro atoms. The minimum Gasteiger partial charge on any atom is -0.481 e. The highest BCUT2D eigenvalue weighted by atomic mass is 16.4. The van der Waals surface area contributed by atoms with Crippen LogP contribution in [0.15, 0.2) is 18.5 Å². The van der Waals surface area contributed by atoms with Crippen LogP contribution in [-0.2, 0) is 11.3 Å². The molecule has 7 heteroatoms. The number of urea groups is 1. The lowest BCUT2D eigenvalue weighted by Crippen LogP contribution is -2.49. The van der Waals surface area contributed by atoms with Gasteiger partial charge in [-0.25, -0.2) is 4.79 Å². The first-order valence-corrected chi connectivity index (χ1v) is 7.29. The quantitative estimate of drug-likeness (QED) is 0.853. The topological polar surface area (TPSA) is 87.5 Å². The molecule has 0 aromatic carbocycles. The van der Waals surface area contributed by atoms with Crippen LogP contribution in [0.25, 0.3) is 0 Å². The molecular weight excluding hydrogens is 272 g/mol. The fourth-order valence-electron chi connectivity index (χ4n) is 2.70. The molecule has 1 fully saturated rings. The first kappa shape index (κ1) is 15.3. The summed E-state index contributed by atoms with van der Waals surface area (Å²) in [5.41, 5.74) is 0. The number of hydrogen-bond acceptors (Lipinski definition) is 3. The molecular formula is C14H22N4O3. The van der Waals surface area contributed by atoms with Gasteiger partial charge in [-0.1, -0.05) is 0 Å². The van der Waals surface area contributed by atoms with Crippen LogP contribution in [-0.4, -0.2) is 50.9 Å². The third kappa shape index (κ3) is 4.77. The summed E-state index contributed by atoms with van der Waals surface area (Å²) in [5, 5.41) is 15.9. The lowest BCUT2D eigenvalue weighted by molar-refractivity contribution is -0.138. The Morgan fingerprint density at radius 3 is 3.00 bits per heavy atom. The number of carbonyl (C=O) groups excluding carboxylic acids is 1. The minimum absolute atomic E-state index is 0.0303. The molecule has 2 amide bonds.